The topological polar surface area (TPSA) is 111 Å². The smallest absolute Gasteiger partial charge is 0.272 e. The fourth-order valence-electron chi connectivity index (χ4n) is 4.04. The number of nitrogens with one attached hydrogen (secondary N) is 2. The standard InChI is InChI=1S/C29H28BrClF4N4O2.C2H6.CH3NO/c1-29(2,3)27(40)36-13-16-4-9-20(31)21(10-16)37-28-38-22-11-19(17-5-7-18(30)8-6-17)24(41-15-26(34)35)12-23(22)39(28)14-25(32)33;1-2;2-1-3/h4-12,25-26H,13-15H2,1-3H3,(H,36,40)(H,37,38);1-2H3;1H,(H2,2,3). The molecule has 0 spiro atoms. The number of amides is 2. The van der Waals surface area contributed by atoms with Crippen LogP contribution in [0.2, 0.25) is 5.02 Å². The lowest BCUT2D eigenvalue weighted by Gasteiger charge is -2.18. The Morgan fingerprint density at radius 3 is 2.26 bits per heavy atom. The van der Waals surface area contributed by atoms with E-state index >= 15 is 0 Å². The monoisotopic (exact) mass is 729 g/mol. The van der Waals surface area contributed by atoms with Crippen LogP contribution in [0.3, 0.4) is 0 Å². The minimum absolute atomic E-state index is 0.0749. The average Bonchev–Trinajstić information content (AvgIpc) is 3.31. The van der Waals surface area contributed by atoms with Crippen molar-refractivity contribution in [1.82, 2.24) is 14.9 Å². The molecule has 4 rings (SSSR count). The van der Waals surface area contributed by atoms with E-state index in [9.17, 15) is 22.4 Å². The minimum atomic E-state index is -2.74. The Morgan fingerprint density at radius 2 is 1.70 bits per heavy atom. The lowest BCUT2D eigenvalue weighted by Crippen LogP contribution is -2.34. The van der Waals surface area contributed by atoms with Gasteiger partial charge in [0.1, 0.15) is 12.4 Å². The van der Waals surface area contributed by atoms with Gasteiger partial charge in [0.25, 0.3) is 12.9 Å². The van der Waals surface area contributed by atoms with Crippen molar-refractivity contribution in [2.75, 3.05) is 11.9 Å². The summed E-state index contributed by atoms with van der Waals surface area (Å²) in [5, 5.41) is 6.21. The average molecular weight is 731 g/mol. The third-order valence-corrected chi connectivity index (χ3v) is 6.96. The molecule has 0 aliphatic carbocycles. The molecule has 0 fully saturated rings. The molecule has 0 atom stereocenters. The molecule has 0 bridgehead atoms. The molecule has 4 N–H and O–H groups in total. The van der Waals surface area contributed by atoms with Crippen molar-refractivity contribution >= 4 is 62.5 Å². The quantitative estimate of drug-likeness (QED) is 0.112. The number of hydrogen-bond acceptors (Lipinski definition) is 5. The van der Waals surface area contributed by atoms with E-state index in [4.69, 9.17) is 21.1 Å². The molecule has 0 aliphatic heterocycles. The van der Waals surface area contributed by atoms with Gasteiger partial charge in [-0.3, -0.25) is 9.59 Å². The second kappa shape index (κ2) is 17.7. The highest BCUT2D eigenvalue weighted by Gasteiger charge is 2.22. The number of nitrogens with zero attached hydrogens (tertiary/aromatic N) is 2. The van der Waals surface area contributed by atoms with Gasteiger partial charge in [-0.1, -0.05) is 80.3 Å². The SMILES string of the molecule is CC.CC(C)(C)C(=O)NCc1ccc(Cl)c(Nc2nc3cc(-c4ccc(Br)cc4)c(OCC(F)F)cc3n2CC(F)F)c1.NC=O. The Balaban J connectivity index is 0.00000139. The molecule has 0 unspecified atom stereocenters. The minimum Gasteiger partial charge on any atom is -0.487 e. The van der Waals surface area contributed by atoms with E-state index in [2.05, 4.69) is 37.3 Å². The van der Waals surface area contributed by atoms with E-state index in [1.807, 2.05) is 13.8 Å². The maximum Gasteiger partial charge on any atom is 0.272 e. The van der Waals surface area contributed by atoms with Crippen LogP contribution < -0.4 is 21.1 Å². The van der Waals surface area contributed by atoms with Gasteiger partial charge in [0.2, 0.25) is 18.3 Å². The van der Waals surface area contributed by atoms with E-state index in [0.717, 1.165) is 10.0 Å². The van der Waals surface area contributed by atoms with Gasteiger partial charge >= 0.3 is 0 Å². The first kappa shape index (κ1) is 38.3. The highest BCUT2D eigenvalue weighted by molar-refractivity contribution is 9.10. The number of halogens is 6. The summed E-state index contributed by atoms with van der Waals surface area (Å²) in [5.41, 5.74) is 6.48. The zero-order valence-electron chi connectivity index (χ0n) is 26.0. The predicted molar refractivity (Wildman–Crippen MR) is 178 cm³/mol. The van der Waals surface area contributed by atoms with Gasteiger partial charge in [-0.05, 0) is 41.5 Å². The molecule has 1 heterocycles. The highest BCUT2D eigenvalue weighted by atomic mass is 79.9. The Kier molecular flexibility index (Phi) is 14.8. The van der Waals surface area contributed by atoms with Crippen molar-refractivity contribution in [1.29, 1.82) is 0 Å². The van der Waals surface area contributed by atoms with Crippen LogP contribution in [0, 0.1) is 5.41 Å². The fraction of sp³-hybridized carbons (Fsp3) is 0.344. The lowest BCUT2D eigenvalue weighted by atomic mass is 9.95. The van der Waals surface area contributed by atoms with Gasteiger partial charge in [-0.15, -0.1) is 0 Å². The molecular weight excluding hydrogens is 694 g/mol. The van der Waals surface area contributed by atoms with Crippen LogP contribution in [0.1, 0.15) is 40.2 Å². The number of ether oxygens (including phenoxy) is 1. The number of rotatable bonds is 10. The summed E-state index contributed by atoms with van der Waals surface area (Å²) in [6.07, 6.45) is -5.21. The Labute approximate surface area is 278 Å². The second-order valence-electron chi connectivity index (χ2n) is 10.5. The third kappa shape index (κ3) is 10.9. The molecule has 250 valence electrons. The molecule has 4 aromatic rings. The molecule has 0 aliphatic rings. The summed E-state index contributed by atoms with van der Waals surface area (Å²) in [6, 6.07) is 15.3. The molecule has 14 heteroatoms. The van der Waals surface area contributed by atoms with Crippen LogP contribution >= 0.6 is 27.5 Å². The van der Waals surface area contributed by atoms with Gasteiger partial charge in [-0.2, -0.15) is 0 Å². The van der Waals surface area contributed by atoms with Gasteiger partial charge < -0.3 is 25.7 Å². The molecule has 1 aromatic heterocycles. The number of fused-ring (bicyclic) bond motifs is 1. The number of aromatic nitrogens is 2. The first-order chi connectivity index (χ1) is 21.7. The van der Waals surface area contributed by atoms with Crippen LogP contribution in [-0.2, 0) is 22.7 Å². The van der Waals surface area contributed by atoms with Crippen molar-refractivity contribution in [2.45, 2.75) is 60.6 Å². The Bertz CT molecular complexity index is 1600. The number of benzene rings is 3. The van der Waals surface area contributed by atoms with Gasteiger partial charge in [0.15, 0.2) is 0 Å². The molecule has 0 saturated carbocycles. The van der Waals surface area contributed by atoms with Crippen LogP contribution in [0.15, 0.2) is 59.1 Å². The summed E-state index contributed by atoms with van der Waals surface area (Å²) in [4.78, 5) is 25.4. The predicted octanol–water partition coefficient (Wildman–Crippen LogP) is 8.56. The number of carbonyl (C=O) groups is 2. The zero-order valence-corrected chi connectivity index (χ0v) is 28.4. The van der Waals surface area contributed by atoms with E-state index in [0.29, 0.717) is 27.4 Å². The number of imidazole rings is 1. The number of anilines is 2. The number of carbonyl (C=O) groups excluding carboxylic acids is 2. The van der Waals surface area contributed by atoms with E-state index in [-0.39, 0.29) is 36.1 Å². The number of hydrogen-bond donors (Lipinski definition) is 3. The number of nitrogens with two attached hydrogens (primary N) is 1. The van der Waals surface area contributed by atoms with Gasteiger partial charge in [0.05, 0.1) is 28.3 Å². The highest BCUT2D eigenvalue weighted by Crippen LogP contribution is 2.37. The van der Waals surface area contributed by atoms with Crippen LogP contribution in [-0.4, -0.2) is 41.3 Å². The number of primary amides is 1. The largest absolute Gasteiger partial charge is 0.487 e. The van der Waals surface area contributed by atoms with Crippen molar-refractivity contribution in [3.05, 3.63) is 69.7 Å². The van der Waals surface area contributed by atoms with Crippen molar-refractivity contribution in [3.63, 3.8) is 0 Å². The zero-order chi connectivity index (χ0) is 34.6. The molecular formula is C32H37BrClF4N5O3. The van der Waals surface area contributed by atoms with Crippen LogP contribution in [0.25, 0.3) is 22.2 Å². The third-order valence-electron chi connectivity index (χ3n) is 6.10. The summed E-state index contributed by atoms with van der Waals surface area (Å²) in [5.74, 6) is 0.0506. The lowest BCUT2D eigenvalue weighted by molar-refractivity contribution is -0.128. The normalized spacial score (nSPS) is 11.0. The molecule has 3 aromatic carbocycles. The Morgan fingerprint density at radius 1 is 1.07 bits per heavy atom. The van der Waals surface area contributed by atoms with E-state index < -0.39 is 31.4 Å². The first-order valence-electron chi connectivity index (χ1n) is 14.2. The van der Waals surface area contributed by atoms with E-state index in [1.54, 1.807) is 69.3 Å². The summed E-state index contributed by atoms with van der Waals surface area (Å²) >= 11 is 9.80. The van der Waals surface area contributed by atoms with E-state index in [1.165, 1.54) is 10.6 Å². The van der Waals surface area contributed by atoms with Crippen LogP contribution in [0.5, 0.6) is 5.75 Å². The summed E-state index contributed by atoms with van der Waals surface area (Å²) < 4.78 is 61.0. The fourth-order valence-corrected chi connectivity index (χ4v) is 4.47. The molecule has 46 heavy (non-hydrogen) atoms. The van der Waals surface area contributed by atoms with Crippen LogP contribution in [0.4, 0.5) is 29.2 Å². The maximum absolute atomic E-state index is 13.7. The summed E-state index contributed by atoms with van der Waals surface area (Å²) in [7, 11) is 0. The van der Waals surface area contributed by atoms with Crippen molar-refractivity contribution < 1.29 is 31.9 Å². The molecule has 8 nitrogen and oxygen atoms in total. The summed E-state index contributed by atoms with van der Waals surface area (Å²) in [6.45, 7) is 8.06. The molecule has 0 radical (unpaired) electrons. The van der Waals surface area contributed by atoms with Gasteiger partial charge in [0, 0.05) is 28.1 Å². The Hall–Kier alpha value is -3.84. The second-order valence-corrected chi connectivity index (χ2v) is 11.8. The first-order valence-corrected chi connectivity index (χ1v) is 15.4. The number of alkyl halides is 4. The molecule has 0 saturated heterocycles. The maximum atomic E-state index is 13.7. The van der Waals surface area contributed by atoms with Crippen molar-refractivity contribution in [3.8, 4) is 16.9 Å². The molecule has 2 amide bonds. The van der Waals surface area contributed by atoms with Gasteiger partial charge in [-0.25, -0.2) is 22.5 Å². The van der Waals surface area contributed by atoms with Crippen molar-refractivity contribution in [2.24, 2.45) is 11.1 Å².